The summed E-state index contributed by atoms with van der Waals surface area (Å²) in [6.45, 7) is 4.42. The average Bonchev–Trinajstić information content (AvgIpc) is 2.87. The van der Waals surface area contributed by atoms with Gasteiger partial charge in [-0.15, -0.1) is 0 Å². The van der Waals surface area contributed by atoms with E-state index in [1.165, 1.54) is 11.1 Å². The van der Waals surface area contributed by atoms with E-state index in [1.807, 2.05) is 53.4 Å². The molecule has 0 N–H and O–H groups in total. The number of nitriles is 1. The molecule has 33 heavy (non-hydrogen) atoms. The van der Waals surface area contributed by atoms with E-state index in [4.69, 9.17) is 0 Å². The van der Waals surface area contributed by atoms with Crippen LogP contribution in [-0.4, -0.2) is 58.3 Å². The fraction of sp³-hybridized carbons (Fsp3) is 0.296. The molecule has 1 saturated heterocycles. The van der Waals surface area contributed by atoms with Gasteiger partial charge in [-0.3, -0.25) is 19.6 Å². The van der Waals surface area contributed by atoms with Gasteiger partial charge in [0, 0.05) is 57.2 Å². The molecule has 4 rings (SSSR count). The van der Waals surface area contributed by atoms with Crippen LogP contribution < -0.4 is 0 Å². The van der Waals surface area contributed by atoms with E-state index < -0.39 is 0 Å². The lowest BCUT2D eigenvalue weighted by Gasteiger charge is -2.37. The molecule has 1 aromatic heterocycles. The number of benzene rings is 2. The Morgan fingerprint density at radius 3 is 2.03 bits per heavy atom. The monoisotopic (exact) mass is 439 g/mol. The topological polar surface area (TPSA) is 63.5 Å². The van der Waals surface area contributed by atoms with Gasteiger partial charge in [0.25, 0.3) is 0 Å². The van der Waals surface area contributed by atoms with Gasteiger partial charge in [0.15, 0.2) is 0 Å². The number of carbonyl (C=O) groups is 1. The van der Waals surface area contributed by atoms with Gasteiger partial charge in [-0.1, -0.05) is 66.7 Å². The van der Waals surface area contributed by atoms with Crippen molar-refractivity contribution >= 4 is 5.91 Å². The Kier molecular flexibility index (Phi) is 7.81. The lowest BCUT2D eigenvalue weighted by atomic mass is 10.1. The van der Waals surface area contributed by atoms with Crippen LogP contribution in [-0.2, 0) is 17.9 Å². The van der Waals surface area contributed by atoms with Crippen LogP contribution in [0.2, 0.25) is 0 Å². The second kappa shape index (κ2) is 11.4. The molecule has 1 aliphatic heterocycles. The van der Waals surface area contributed by atoms with Gasteiger partial charge in [-0.2, -0.15) is 5.26 Å². The Labute approximate surface area is 195 Å². The maximum atomic E-state index is 13.2. The molecule has 0 bridgehead atoms. The number of aromatic nitrogens is 1. The van der Waals surface area contributed by atoms with Gasteiger partial charge in [-0.25, -0.2) is 0 Å². The highest BCUT2D eigenvalue weighted by Crippen LogP contribution is 2.21. The first kappa shape index (κ1) is 22.7. The molecule has 2 heterocycles. The summed E-state index contributed by atoms with van der Waals surface area (Å²) in [6.07, 6.45) is 3.46. The molecular formula is C27H29N5O. The first-order valence-corrected chi connectivity index (χ1v) is 11.3. The Morgan fingerprint density at radius 2 is 1.52 bits per heavy atom. The molecule has 168 valence electrons. The minimum absolute atomic E-state index is 0.136. The number of hydrogen-bond acceptors (Lipinski definition) is 5. The number of hydrogen-bond donors (Lipinski definition) is 0. The van der Waals surface area contributed by atoms with Crippen LogP contribution >= 0.6 is 0 Å². The number of pyridine rings is 1. The number of amides is 1. The molecular weight excluding hydrogens is 410 g/mol. The van der Waals surface area contributed by atoms with E-state index in [1.54, 1.807) is 12.4 Å². The van der Waals surface area contributed by atoms with Gasteiger partial charge >= 0.3 is 0 Å². The fourth-order valence-electron chi connectivity index (χ4n) is 4.28. The zero-order chi connectivity index (χ0) is 22.9. The lowest BCUT2D eigenvalue weighted by molar-refractivity contribution is -0.134. The first-order chi connectivity index (χ1) is 16.2. The lowest BCUT2D eigenvalue weighted by Crippen LogP contribution is -2.51. The molecule has 0 saturated carbocycles. The molecule has 0 spiro atoms. The fourth-order valence-corrected chi connectivity index (χ4v) is 4.28. The standard InChI is InChI=1S/C27H29N5O/c28-18-26(25-12-7-13-29-19-25)31-14-16-32(17-15-31)27(33)22-30(20-23-8-3-1-4-9-23)21-24-10-5-2-6-11-24/h1-13,19,26H,14-17,20-22H2. The maximum Gasteiger partial charge on any atom is 0.236 e. The highest BCUT2D eigenvalue weighted by molar-refractivity contribution is 5.78. The molecule has 1 atom stereocenters. The van der Waals surface area contributed by atoms with Crippen LogP contribution in [0.15, 0.2) is 85.2 Å². The summed E-state index contributed by atoms with van der Waals surface area (Å²) in [5, 5.41) is 9.70. The Morgan fingerprint density at radius 1 is 0.909 bits per heavy atom. The van der Waals surface area contributed by atoms with Crippen molar-refractivity contribution in [1.29, 1.82) is 5.26 Å². The van der Waals surface area contributed by atoms with Gasteiger partial charge < -0.3 is 4.90 Å². The third kappa shape index (κ3) is 6.26. The van der Waals surface area contributed by atoms with Gasteiger partial charge in [0.2, 0.25) is 5.91 Å². The van der Waals surface area contributed by atoms with E-state index in [-0.39, 0.29) is 11.9 Å². The molecule has 2 aromatic carbocycles. The summed E-state index contributed by atoms with van der Waals surface area (Å²) in [5.41, 5.74) is 3.29. The van der Waals surface area contributed by atoms with Gasteiger partial charge in [0.05, 0.1) is 12.6 Å². The third-order valence-electron chi connectivity index (χ3n) is 6.01. The number of piperazine rings is 1. The van der Waals surface area contributed by atoms with Crippen LogP contribution in [0.25, 0.3) is 0 Å². The first-order valence-electron chi connectivity index (χ1n) is 11.3. The summed E-state index contributed by atoms with van der Waals surface area (Å²) in [6, 6.07) is 26.4. The molecule has 3 aromatic rings. The largest absolute Gasteiger partial charge is 0.339 e. The van der Waals surface area contributed by atoms with Crippen LogP contribution in [0.1, 0.15) is 22.7 Å². The molecule has 0 aliphatic carbocycles. The Bertz CT molecular complexity index is 1000. The van der Waals surface area contributed by atoms with Crippen LogP contribution in [0.5, 0.6) is 0 Å². The average molecular weight is 440 g/mol. The van der Waals surface area contributed by atoms with Crippen molar-refractivity contribution in [2.24, 2.45) is 0 Å². The summed E-state index contributed by atoms with van der Waals surface area (Å²) in [4.78, 5) is 23.6. The second-order valence-electron chi connectivity index (χ2n) is 8.35. The SMILES string of the molecule is N#CC(c1cccnc1)N1CCN(C(=O)CN(Cc2ccccc2)Cc2ccccc2)CC1. The quantitative estimate of drug-likeness (QED) is 0.538. The Balaban J connectivity index is 1.37. The van der Waals surface area contributed by atoms with Crippen molar-refractivity contribution in [2.45, 2.75) is 19.1 Å². The number of carbonyl (C=O) groups excluding carboxylic acids is 1. The van der Waals surface area contributed by atoms with Crippen LogP contribution in [0, 0.1) is 11.3 Å². The second-order valence-corrected chi connectivity index (χ2v) is 8.35. The molecule has 6 heteroatoms. The summed E-state index contributed by atoms with van der Waals surface area (Å²) >= 11 is 0. The molecule has 1 aliphatic rings. The zero-order valence-electron chi connectivity index (χ0n) is 18.8. The minimum atomic E-state index is -0.330. The van der Waals surface area contributed by atoms with E-state index in [9.17, 15) is 10.1 Å². The van der Waals surface area contributed by atoms with Crippen LogP contribution in [0.4, 0.5) is 0 Å². The van der Waals surface area contributed by atoms with Gasteiger partial charge in [-0.05, 0) is 17.2 Å². The minimum Gasteiger partial charge on any atom is -0.339 e. The van der Waals surface area contributed by atoms with Crippen molar-refractivity contribution in [3.8, 4) is 6.07 Å². The predicted octanol–water partition coefficient (Wildman–Crippen LogP) is 3.49. The van der Waals surface area contributed by atoms with Crippen molar-refractivity contribution in [1.82, 2.24) is 19.7 Å². The third-order valence-corrected chi connectivity index (χ3v) is 6.01. The highest BCUT2D eigenvalue weighted by atomic mass is 16.2. The normalized spacial score (nSPS) is 15.2. The van der Waals surface area contributed by atoms with E-state index in [0.29, 0.717) is 32.7 Å². The zero-order valence-corrected chi connectivity index (χ0v) is 18.8. The summed E-state index contributed by atoms with van der Waals surface area (Å²) < 4.78 is 0. The van der Waals surface area contributed by atoms with Gasteiger partial charge in [0.1, 0.15) is 6.04 Å². The summed E-state index contributed by atoms with van der Waals surface area (Å²) in [7, 11) is 0. The molecule has 6 nitrogen and oxygen atoms in total. The smallest absolute Gasteiger partial charge is 0.236 e. The van der Waals surface area contributed by atoms with Crippen molar-refractivity contribution in [3.05, 3.63) is 102 Å². The Hall–Kier alpha value is -3.53. The van der Waals surface area contributed by atoms with E-state index in [0.717, 1.165) is 18.7 Å². The predicted molar refractivity (Wildman–Crippen MR) is 128 cm³/mol. The van der Waals surface area contributed by atoms with E-state index in [2.05, 4.69) is 45.1 Å². The number of nitrogens with zero attached hydrogens (tertiary/aromatic N) is 5. The highest BCUT2D eigenvalue weighted by Gasteiger charge is 2.28. The van der Waals surface area contributed by atoms with E-state index >= 15 is 0 Å². The molecule has 1 fully saturated rings. The summed E-state index contributed by atoms with van der Waals surface area (Å²) in [5.74, 6) is 0.136. The van der Waals surface area contributed by atoms with Crippen molar-refractivity contribution < 1.29 is 4.79 Å². The maximum absolute atomic E-state index is 13.2. The van der Waals surface area contributed by atoms with Crippen molar-refractivity contribution in [2.75, 3.05) is 32.7 Å². The molecule has 0 radical (unpaired) electrons. The van der Waals surface area contributed by atoms with Crippen molar-refractivity contribution in [3.63, 3.8) is 0 Å². The molecule has 1 amide bonds. The molecule has 1 unspecified atom stereocenters. The number of rotatable bonds is 8. The van der Waals surface area contributed by atoms with Crippen LogP contribution in [0.3, 0.4) is 0 Å².